The summed E-state index contributed by atoms with van der Waals surface area (Å²) in [6.45, 7) is 16.2. The molecule has 4 aliphatic rings. The van der Waals surface area contributed by atoms with Gasteiger partial charge in [-0.25, -0.2) is 0 Å². The highest BCUT2D eigenvalue weighted by Gasteiger charge is 2.59. The first-order valence-electron chi connectivity index (χ1n) is 15.3. The number of ether oxygens (including phenoxy) is 1. The molecule has 0 aromatic rings. The molecule has 0 saturated heterocycles. The molecule has 3 fully saturated rings. The third-order valence-corrected chi connectivity index (χ3v) is 11.2. The molecule has 0 bridgehead atoms. The molecule has 4 aliphatic carbocycles. The van der Waals surface area contributed by atoms with Crippen LogP contribution in [0.4, 0.5) is 0 Å². The highest BCUT2D eigenvalue weighted by Crippen LogP contribution is 2.67. The minimum Gasteiger partial charge on any atom is -0.461 e. The molecule has 208 valence electrons. The molecule has 4 rings (SSSR count). The van der Waals surface area contributed by atoms with Gasteiger partial charge in [0.25, 0.3) is 0 Å². The van der Waals surface area contributed by atoms with Crippen LogP contribution in [0.5, 0.6) is 0 Å². The van der Waals surface area contributed by atoms with Gasteiger partial charge in [-0.15, -0.1) is 0 Å². The second kappa shape index (κ2) is 11.3. The third-order valence-electron chi connectivity index (χ3n) is 11.2. The minimum atomic E-state index is -0.318. The van der Waals surface area contributed by atoms with Gasteiger partial charge in [0.15, 0.2) is 0 Å². The summed E-state index contributed by atoms with van der Waals surface area (Å²) in [5.41, 5.74) is 2.96. The van der Waals surface area contributed by atoms with Gasteiger partial charge in [0.2, 0.25) is 5.91 Å². The van der Waals surface area contributed by atoms with Crippen molar-refractivity contribution in [2.24, 2.45) is 46.3 Å². The maximum atomic E-state index is 12.5. The van der Waals surface area contributed by atoms with Crippen LogP contribution in [-0.4, -0.2) is 24.5 Å². The Balaban J connectivity index is 1.38. The summed E-state index contributed by atoms with van der Waals surface area (Å²) in [5.74, 6) is 4.45. The molecule has 1 N–H and O–H groups in total. The van der Waals surface area contributed by atoms with E-state index in [1.165, 1.54) is 44.1 Å². The molecule has 37 heavy (non-hydrogen) atoms. The van der Waals surface area contributed by atoms with Gasteiger partial charge in [0.1, 0.15) is 12.6 Å². The Morgan fingerprint density at radius 3 is 2.57 bits per heavy atom. The Morgan fingerprint density at radius 1 is 1.11 bits per heavy atom. The number of allylic oxidation sites excluding steroid dienone is 2. The topological polar surface area (TPSA) is 55.4 Å². The molecule has 0 spiro atoms. The Kier molecular flexibility index (Phi) is 8.65. The average Bonchev–Trinajstić information content (AvgIpc) is 3.20. The van der Waals surface area contributed by atoms with Gasteiger partial charge in [-0.3, -0.25) is 9.59 Å². The molecule has 4 heteroatoms. The lowest BCUT2D eigenvalue weighted by Crippen LogP contribution is -2.51. The van der Waals surface area contributed by atoms with Crippen LogP contribution in [0.3, 0.4) is 0 Å². The molecular formula is C33H53NO3. The quantitative estimate of drug-likeness (QED) is 0.207. The average molecular weight is 512 g/mol. The molecule has 1 amide bonds. The van der Waals surface area contributed by atoms with Crippen LogP contribution in [0.15, 0.2) is 23.3 Å². The molecule has 0 heterocycles. The Bertz CT molecular complexity index is 919. The summed E-state index contributed by atoms with van der Waals surface area (Å²) in [7, 11) is 0. The van der Waals surface area contributed by atoms with E-state index >= 15 is 0 Å². The predicted octanol–water partition coefficient (Wildman–Crippen LogP) is 7.63. The van der Waals surface area contributed by atoms with E-state index in [1.54, 1.807) is 6.92 Å². The fourth-order valence-electron chi connectivity index (χ4n) is 9.53. The van der Waals surface area contributed by atoms with Crippen molar-refractivity contribution in [3.8, 4) is 0 Å². The number of hydrogen-bond donors (Lipinski definition) is 1. The molecule has 4 nitrogen and oxygen atoms in total. The van der Waals surface area contributed by atoms with E-state index in [2.05, 4.69) is 46.0 Å². The van der Waals surface area contributed by atoms with Crippen LogP contribution in [0.1, 0.15) is 113 Å². The van der Waals surface area contributed by atoms with Crippen molar-refractivity contribution in [2.75, 3.05) is 6.54 Å². The summed E-state index contributed by atoms with van der Waals surface area (Å²) in [6.07, 6.45) is 16.2. The van der Waals surface area contributed by atoms with Gasteiger partial charge in [0, 0.05) is 12.0 Å². The summed E-state index contributed by atoms with van der Waals surface area (Å²) < 4.78 is 5.85. The van der Waals surface area contributed by atoms with E-state index in [4.69, 9.17) is 4.74 Å². The highest BCUT2D eigenvalue weighted by molar-refractivity contribution is 5.94. The summed E-state index contributed by atoms with van der Waals surface area (Å²) in [5, 5.41) is 2.71. The van der Waals surface area contributed by atoms with E-state index in [1.807, 2.05) is 13.0 Å². The van der Waals surface area contributed by atoms with Crippen LogP contribution in [-0.2, 0) is 14.3 Å². The fraction of sp³-hybridized carbons (Fsp3) is 0.818. The molecule has 0 aliphatic heterocycles. The van der Waals surface area contributed by atoms with Crippen LogP contribution >= 0.6 is 0 Å². The number of fused-ring (bicyclic) bond motifs is 5. The van der Waals surface area contributed by atoms with Gasteiger partial charge >= 0.3 is 5.97 Å². The number of carbonyl (C=O) groups excluding carboxylic acids is 2. The number of esters is 1. The maximum absolute atomic E-state index is 12.5. The Morgan fingerprint density at radius 2 is 1.86 bits per heavy atom. The number of rotatable bonds is 8. The smallest absolute Gasteiger partial charge is 0.325 e. The molecule has 0 aromatic carbocycles. The lowest BCUT2D eigenvalue weighted by molar-refractivity contribution is -0.151. The summed E-state index contributed by atoms with van der Waals surface area (Å²) in [4.78, 5) is 24.6. The first-order valence-corrected chi connectivity index (χ1v) is 15.3. The predicted molar refractivity (Wildman–Crippen MR) is 151 cm³/mol. The number of nitrogens with one attached hydrogen (secondary N) is 1. The minimum absolute atomic E-state index is 0.0537. The van der Waals surface area contributed by atoms with E-state index < -0.39 is 0 Å². The summed E-state index contributed by atoms with van der Waals surface area (Å²) in [6, 6.07) is 0. The van der Waals surface area contributed by atoms with Crippen molar-refractivity contribution in [1.82, 2.24) is 5.32 Å². The van der Waals surface area contributed by atoms with Crippen LogP contribution < -0.4 is 5.32 Å². The van der Waals surface area contributed by atoms with Crippen molar-refractivity contribution < 1.29 is 14.3 Å². The summed E-state index contributed by atoms with van der Waals surface area (Å²) >= 11 is 0. The largest absolute Gasteiger partial charge is 0.461 e. The zero-order valence-electron chi connectivity index (χ0n) is 24.7. The molecule has 0 radical (unpaired) electrons. The SMILES string of the molecule is CC/C=C(/C)C(=O)NCC(=O)OC1CCC2(C)C(=CCC3C2CCC2(C)C(C(C)CC(C)C)CCC32)C1. The standard InChI is InChI=1S/C33H53NO3/c1-8-9-22(4)31(36)34-20-30(35)37-25-14-16-32(6)24(19-25)10-11-26-28-13-12-27(23(5)18-21(2)3)33(28,7)17-15-29(26)32/h9-10,21,23,25-29H,8,11-20H2,1-7H3,(H,34,36)/b22-9-. The molecule has 0 aromatic heterocycles. The fourth-order valence-corrected chi connectivity index (χ4v) is 9.53. The van der Waals surface area contributed by atoms with Gasteiger partial charge in [-0.1, -0.05) is 59.3 Å². The van der Waals surface area contributed by atoms with E-state index in [-0.39, 0.29) is 29.9 Å². The number of amides is 1. The zero-order chi connectivity index (χ0) is 27.0. The van der Waals surface area contributed by atoms with E-state index in [9.17, 15) is 9.59 Å². The van der Waals surface area contributed by atoms with E-state index in [0.717, 1.165) is 61.2 Å². The van der Waals surface area contributed by atoms with Crippen molar-refractivity contribution in [1.29, 1.82) is 0 Å². The molecule has 8 atom stereocenters. The molecular weight excluding hydrogens is 458 g/mol. The highest BCUT2D eigenvalue weighted by atomic mass is 16.5. The number of hydrogen-bond acceptors (Lipinski definition) is 3. The van der Waals surface area contributed by atoms with Crippen LogP contribution in [0, 0.1) is 46.3 Å². The second-order valence-electron chi connectivity index (χ2n) is 13.9. The maximum Gasteiger partial charge on any atom is 0.325 e. The van der Waals surface area contributed by atoms with Gasteiger partial charge in [-0.05, 0) is 111 Å². The second-order valence-corrected chi connectivity index (χ2v) is 13.9. The van der Waals surface area contributed by atoms with Gasteiger partial charge in [-0.2, -0.15) is 0 Å². The monoisotopic (exact) mass is 511 g/mol. The normalized spacial score (nSPS) is 38.2. The lowest BCUT2D eigenvalue weighted by atomic mass is 9.47. The molecule has 3 saturated carbocycles. The van der Waals surface area contributed by atoms with Gasteiger partial charge < -0.3 is 10.1 Å². The van der Waals surface area contributed by atoms with Gasteiger partial charge in [0.05, 0.1) is 0 Å². The lowest BCUT2D eigenvalue weighted by Gasteiger charge is -2.58. The van der Waals surface area contributed by atoms with E-state index in [0.29, 0.717) is 11.0 Å². The Labute approximate surface area is 226 Å². The van der Waals surface area contributed by atoms with Crippen molar-refractivity contribution in [3.63, 3.8) is 0 Å². The zero-order valence-corrected chi connectivity index (χ0v) is 24.7. The van der Waals surface area contributed by atoms with Crippen LogP contribution in [0.25, 0.3) is 0 Å². The first kappa shape index (κ1) is 28.4. The third kappa shape index (κ3) is 5.59. The van der Waals surface area contributed by atoms with Crippen LogP contribution in [0.2, 0.25) is 0 Å². The molecule has 8 unspecified atom stereocenters. The van der Waals surface area contributed by atoms with Crippen molar-refractivity contribution in [2.45, 2.75) is 119 Å². The van der Waals surface area contributed by atoms with Crippen molar-refractivity contribution in [3.05, 3.63) is 23.3 Å². The first-order chi connectivity index (χ1) is 17.5. The number of carbonyl (C=O) groups is 2. The Hall–Kier alpha value is -1.58. The van der Waals surface area contributed by atoms with Crippen molar-refractivity contribution >= 4 is 11.9 Å².